The third-order valence-electron chi connectivity index (χ3n) is 6.86. The predicted molar refractivity (Wildman–Crippen MR) is 134 cm³/mol. The van der Waals surface area contributed by atoms with Gasteiger partial charge in [0.2, 0.25) is 11.8 Å². The van der Waals surface area contributed by atoms with Crippen LogP contribution in [0.25, 0.3) is 0 Å². The van der Waals surface area contributed by atoms with Crippen molar-refractivity contribution in [3.63, 3.8) is 0 Å². The van der Waals surface area contributed by atoms with Crippen molar-refractivity contribution >= 4 is 33.4 Å². The Labute approximate surface area is 206 Å². The first-order valence-corrected chi connectivity index (χ1v) is 12.2. The third-order valence-corrected chi connectivity index (χ3v) is 6.86. The van der Waals surface area contributed by atoms with Crippen LogP contribution in [0.1, 0.15) is 39.9 Å². The molecule has 0 aliphatic carbocycles. The number of carbonyl (C=O) groups excluding carboxylic acids is 3. The Balaban J connectivity index is 1.21. The molecule has 5 rings (SSSR count). The molecule has 3 unspecified atom stereocenters. The van der Waals surface area contributed by atoms with E-state index in [0.717, 1.165) is 30.8 Å². The highest BCUT2D eigenvalue weighted by Gasteiger charge is 2.40. The molecule has 35 heavy (non-hydrogen) atoms. The maximum atomic E-state index is 13.0. The van der Waals surface area contributed by atoms with Gasteiger partial charge in [0.1, 0.15) is 34.1 Å². The van der Waals surface area contributed by atoms with E-state index in [4.69, 9.17) is 9.47 Å². The Morgan fingerprint density at radius 3 is 2.43 bits per heavy atom. The van der Waals surface area contributed by atoms with Crippen LogP contribution in [0.3, 0.4) is 0 Å². The van der Waals surface area contributed by atoms with Crippen LogP contribution in [-0.2, 0) is 34.0 Å². The summed E-state index contributed by atoms with van der Waals surface area (Å²) in [4.78, 5) is 40.7. The summed E-state index contributed by atoms with van der Waals surface area (Å²) in [6.07, 6.45) is 0.578. The summed E-state index contributed by atoms with van der Waals surface area (Å²) in [6, 6.07) is 13.7. The van der Waals surface area contributed by atoms with E-state index in [2.05, 4.69) is 50.2 Å². The van der Waals surface area contributed by atoms with E-state index in [9.17, 15) is 14.4 Å². The summed E-state index contributed by atoms with van der Waals surface area (Å²) in [6.45, 7) is 3.44. The summed E-state index contributed by atoms with van der Waals surface area (Å²) in [5.41, 5.74) is 3.63. The van der Waals surface area contributed by atoms with Gasteiger partial charge in [0.05, 0.1) is 6.54 Å². The summed E-state index contributed by atoms with van der Waals surface area (Å²) >= 11 is 0. The zero-order valence-electron chi connectivity index (χ0n) is 20.2. The molecule has 0 spiro atoms. The molecule has 0 aromatic heterocycles. The monoisotopic (exact) mass is 473 g/mol. The summed E-state index contributed by atoms with van der Waals surface area (Å²) in [7, 11) is 4.22. The first-order valence-electron chi connectivity index (χ1n) is 12.2. The number of hydrogen-bond acceptors (Lipinski definition) is 6. The van der Waals surface area contributed by atoms with E-state index in [-0.39, 0.29) is 30.2 Å². The van der Waals surface area contributed by atoms with Gasteiger partial charge in [0.25, 0.3) is 5.91 Å². The van der Waals surface area contributed by atoms with Crippen molar-refractivity contribution in [1.82, 2.24) is 15.1 Å². The van der Waals surface area contributed by atoms with Crippen LogP contribution in [0.4, 0.5) is 0 Å². The second-order valence-corrected chi connectivity index (χ2v) is 9.74. The molecule has 10 heteroatoms. The molecule has 180 valence electrons. The first-order chi connectivity index (χ1) is 16.9. The second-order valence-electron chi connectivity index (χ2n) is 9.74. The number of nitrogens with zero attached hydrogens (tertiary/aromatic N) is 2. The summed E-state index contributed by atoms with van der Waals surface area (Å²) in [5, 5.41) is 2.34. The number of carbonyl (C=O) groups is 3. The fraction of sp³-hybridized carbons (Fsp3) is 0.400. The molecule has 2 saturated heterocycles. The van der Waals surface area contributed by atoms with Crippen LogP contribution in [0, 0.1) is 0 Å². The molecular weight excluding hydrogens is 444 g/mol. The molecule has 0 radical (unpaired) electrons. The molecule has 0 bridgehead atoms. The Kier molecular flexibility index (Phi) is 6.67. The van der Waals surface area contributed by atoms with E-state index in [0.29, 0.717) is 30.9 Å². The highest BCUT2D eigenvalue weighted by Crippen LogP contribution is 2.34. The minimum atomic E-state index is -0.634. The van der Waals surface area contributed by atoms with Crippen molar-refractivity contribution < 1.29 is 23.9 Å². The Hall–Kier alpha value is -3.10. The number of piperidine rings is 1. The molecule has 2 aromatic carbocycles. The van der Waals surface area contributed by atoms with E-state index in [1.54, 1.807) is 17.0 Å². The summed E-state index contributed by atoms with van der Waals surface area (Å²) in [5.74, 6) is -0.257. The molecule has 3 aliphatic heterocycles. The van der Waals surface area contributed by atoms with Gasteiger partial charge >= 0.3 is 0 Å². The Bertz CT molecular complexity index is 1130. The first kappa shape index (κ1) is 23.6. The summed E-state index contributed by atoms with van der Waals surface area (Å²) < 4.78 is 11.9. The molecule has 3 amide bonds. The largest absolute Gasteiger partial charge is 0.489 e. The van der Waals surface area contributed by atoms with Gasteiger partial charge in [0, 0.05) is 49.2 Å². The van der Waals surface area contributed by atoms with Crippen LogP contribution in [0.15, 0.2) is 42.5 Å². The molecule has 3 aliphatic rings. The fourth-order valence-electron chi connectivity index (χ4n) is 5.27. The predicted octanol–water partition coefficient (Wildman–Crippen LogP) is -0.223. The maximum Gasteiger partial charge on any atom is 0.255 e. The maximum absolute atomic E-state index is 13.0. The normalized spacial score (nSPS) is 24.9. The highest BCUT2D eigenvalue weighted by atomic mass is 16.5. The van der Waals surface area contributed by atoms with Crippen LogP contribution in [0.5, 0.6) is 5.75 Å². The number of fused-ring (bicyclic) bond motifs is 1. The number of amides is 3. The quantitative estimate of drug-likeness (QED) is 0.461. The number of nitrogens with one attached hydrogen (secondary N) is 1. The van der Waals surface area contributed by atoms with Gasteiger partial charge < -0.3 is 14.4 Å². The molecule has 2 aromatic rings. The van der Waals surface area contributed by atoms with Crippen molar-refractivity contribution in [2.75, 3.05) is 13.1 Å². The van der Waals surface area contributed by atoms with Crippen LogP contribution < -0.4 is 10.1 Å². The van der Waals surface area contributed by atoms with Gasteiger partial charge in [-0.2, -0.15) is 0 Å². The number of ether oxygens (including phenoxy) is 2. The lowest BCUT2D eigenvalue weighted by atomic mass is 9.91. The van der Waals surface area contributed by atoms with E-state index < -0.39 is 11.9 Å². The lowest BCUT2D eigenvalue weighted by Crippen LogP contribution is -2.52. The molecule has 8 nitrogen and oxygen atoms in total. The van der Waals surface area contributed by atoms with Crippen LogP contribution >= 0.6 is 0 Å². The van der Waals surface area contributed by atoms with E-state index in [1.165, 1.54) is 5.56 Å². The molecule has 3 heterocycles. The van der Waals surface area contributed by atoms with Gasteiger partial charge in [-0.05, 0) is 29.7 Å². The minimum absolute atomic E-state index is 0.198. The van der Waals surface area contributed by atoms with Crippen LogP contribution in [-0.4, -0.2) is 74.4 Å². The van der Waals surface area contributed by atoms with Gasteiger partial charge in [-0.3, -0.25) is 24.6 Å². The molecule has 3 atom stereocenters. The molecule has 2 fully saturated rings. The smallest absolute Gasteiger partial charge is 0.255 e. The molecule has 1 N–H and O–H groups in total. The van der Waals surface area contributed by atoms with Crippen molar-refractivity contribution in [3.8, 4) is 5.75 Å². The van der Waals surface area contributed by atoms with Crippen molar-refractivity contribution in [1.29, 1.82) is 0 Å². The fourth-order valence-corrected chi connectivity index (χ4v) is 5.27. The van der Waals surface area contributed by atoms with Gasteiger partial charge in [-0.15, -0.1) is 0 Å². The highest BCUT2D eigenvalue weighted by molar-refractivity contribution is 6.13. The SMILES string of the molecule is BC1CN(Cc2ccc(COc3cccc4c3CN(C3CCC(=O)NC3=O)C4=O)cc2)CC(B)O1. The average molecular weight is 473 g/mol. The van der Waals surface area contributed by atoms with Crippen molar-refractivity contribution in [2.24, 2.45) is 0 Å². The molecule has 0 saturated carbocycles. The van der Waals surface area contributed by atoms with Crippen molar-refractivity contribution in [2.45, 2.75) is 50.6 Å². The van der Waals surface area contributed by atoms with E-state index in [1.807, 2.05) is 6.07 Å². The lowest BCUT2D eigenvalue weighted by Gasteiger charge is -2.35. The Morgan fingerprint density at radius 1 is 1.00 bits per heavy atom. The third kappa shape index (κ3) is 5.13. The van der Waals surface area contributed by atoms with Crippen LogP contribution in [0.2, 0.25) is 0 Å². The number of hydrogen-bond donors (Lipinski definition) is 1. The average Bonchev–Trinajstić information content (AvgIpc) is 3.15. The van der Waals surface area contributed by atoms with Crippen molar-refractivity contribution in [3.05, 3.63) is 64.7 Å². The molecular formula is C25H29B2N3O5. The lowest BCUT2D eigenvalue weighted by molar-refractivity contribution is -0.136. The number of morpholine rings is 1. The zero-order chi connectivity index (χ0) is 24.5. The number of rotatable bonds is 6. The zero-order valence-corrected chi connectivity index (χ0v) is 20.2. The minimum Gasteiger partial charge on any atom is -0.489 e. The standard InChI is InChI=1S/C25H29B2N3O5/c26-21-12-29(13-22(27)35-21)10-15-4-6-16(7-5-15)14-34-20-3-1-2-17-18(20)11-30(25(17)33)19-8-9-23(31)28-24(19)32/h1-7,19,21-22H,8-14,26-27H2,(H,28,31,32). The Morgan fingerprint density at radius 2 is 1.71 bits per heavy atom. The van der Waals surface area contributed by atoms with E-state index >= 15 is 0 Å². The van der Waals surface area contributed by atoms with Gasteiger partial charge in [0.15, 0.2) is 0 Å². The second kappa shape index (κ2) is 9.87. The number of benzene rings is 2. The number of imide groups is 1. The topological polar surface area (TPSA) is 88.2 Å². The van der Waals surface area contributed by atoms with Gasteiger partial charge in [-0.25, -0.2) is 0 Å². The van der Waals surface area contributed by atoms with Gasteiger partial charge in [-0.1, -0.05) is 30.3 Å².